The third-order valence-electron chi connectivity index (χ3n) is 5.29. The van der Waals surface area contributed by atoms with Crippen LogP contribution in [0.4, 0.5) is 0 Å². The Kier molecular flexibility index (Phi) is 5.31. The van der Waals surface area contributed by atoms with Gasteiger partial charge in [-0.2, -0.15) is 10.1 Å². The molecule has 0 N–H and O–H groups in total. The van der Waals surface area contributed by atoms with E-state index < -0.39 is 5.54 Å². The summed E-state index contributed by atoms with van der Waals surface area (Å²) in [4.78, 5) is 15.5. The highest BCUT2D eigenvalue weighted by atomic mass is 16.2. The molecule has 26 heavy (non-hydrogen) atoms. The number of hydrogen-bond acceptors (Lipinski definition) is 5. The van der Waals surface area contributed by atoms with Crippen molar-refractivity contribution in [2.45, 2.75) is 57.5 Å². The molecule has 3 rings (SSSR count). The molecular formula is C19H24N6O. The maximum absolute atomic E-state index is 12.6. The number of nitriles is 1. The SMILES string of the molecule is Cc1ccccc1Cc1nnn(CC(=O)N(C)C2(C#N)CCCCC2)n1. The zero-order valence-electron chi connectivity index (χ0n) is 15.4. The number of carbonyl (C=O) groups excluding carboxylic acids is 1. The first kappa shape index (κ1) is 18.1. The maximum Gasteiger partial charge on any atom is 0.247 e. The van der Waals surface area contributed by atoms with E-state index in [2.05, 4.69) is 21.5 Å². The van der Waals surface area contributed by atoms with Crippen molar-refractivity contribution in [1.29, 1.82) is 5.26 Å². The zero-order valence-corrected chi connectivity index (χ0v) is 15.4. The number of tetrazole rings is 1. The molecule has 1 aliphatic carbocycles. The first-order valence-electron chi connectivity index (χ1n) is 9.03. The largest absolute Gasteiger partial charge is 0.325 e. The van der Waals surface area contributed by atoms with Gasteiger partial charge in [-0.15, -0.1) is 10.2 Å². The molecule has 1 fully saturated rings. The predicted octanol–water partition coefficient (Wildman–Crippen LogP) is 2.26. The number of benzene rings is 1. The topological polar surface area (TPSA) is 87.7 Å². The second-order valence-corrected chi connectivity index (χ2v) is 7.00. The number of aromatic nitrogens is 4. The van der Waals surface area contributed by atoms with E-state index in [1.165, 1.54) is 10.4 Å². The van der Waals surface area contributed by atoms with Gasteiger partial charge in [0.05, 0.1) is 6.07 Å². The second-order valence-electron chi connectivity index (χ2n) is 7.00. The molecular weight excluding hydrogens is 328 g/mol. The summed E-state index contributed by atoms with van der Waals surface area (Å²) >= 11 is 0. The number of amides is 1. The Bertz CT molecular complexity index is 815. The van der Waals surface area contributed by atoms with Crippen LogP contribution in [-0.2, 0) is 17.8 Å². The summed E-state index contributed by atoms with van der Waals surface area (Å²) in [6.07, 6.45) is 5.13. The molecule has 1 aromatic carbocycles. The third kappa shape index (κ3) is 3.74. The van der Waals surface area contributed by atoms with Gasteiger partial charge < -0.3 is 4.90 Å². The molecule has 7 nitrogen and oxygen atoms in total. The van der Waals surface area contributed by atoms with Crippen LogP contribution in [0.2, 0.25) is 0 Å². The lowest BCUT2D eigenvalue weighted by molar-refractivity contribution is -0.136. The molecule has 1 amide bonds. The first-order valence-corrected chi connectivity index (χ1v) is 9.03. The summed E-state index contributed by atoms with van der Waals surface area (Å²) in [5, 5.41) is 22.0. The van der Waals surface area contributed by atoms with Crippen molar-refractivity contribution in [2.75, 3.05) is 7.05 Å². The molecule has 0 atom stereocenters. The summed E-state index contributed by atoms with van der Waals surface area (Å²) in [6.45, 7) is 2.05. The molecule has 0 radical (unpaired) electrons. The number of nitrogens with zero attached hydrogens (tertiary/aromatic N) is 6. The molecule has 1 heterocycles. The van der Waals surface area contributed by atoms with Gasteiger partial charge in [-0.1, -0.05) is 43.5 Å². The minimum atomic E-state index is -0.695. The van der Waals surface area contributed by atoms with E-state index in [1.54, 1.807) is 11.9 Å². The minimum Gasteiger partial charge on any atom is -0.325 e. The lowest BCUT2D eigenvalue weighted by atomic mass is 9.81. The highest BCUT2D eigenvalue weighted by Crippen LogP contribution is 2.32. The van der Waals surface area contributed by atoms with Crippen molar-refractivity contribution in [2.24, 2.45) is 0 Å². The smallest absolute Gasteiger partial charge is 0.247 e. The Morgan fingerprint density at radius 2 is 2.04 bits per heavy atom. The standard InChI is InChI=1S/C19H24N6O/c1-15-8-4-5-9-16(15)12-17-21-23-25(22-17)13-18(26)24(2)19(14-20)10-6-3-7-11-19/h4-5,8-9H,3,6-7,10-13H2,1-2H3. The molecule has 0 bridgehead atoms. The van der Waals surface area contributed by atoms with Crippen LogP contribution in [0.3, 0.4) is 0 Å². The van der Waals surface area contributed by atoms with Crippen LogP contribution >= 0.6 is 0 Å². The summed E-state index contributed by atoms with van der Waals surface area (Å²) < 4.78 is 0. The first-order chi connectivity index (χ1) is 12.5. The van der Waals surface area contributed by atoms with E-state index in [0.29, 0.717) is 12.2 Å². The fraction of sp³-hybridized carbons (Fsp3) is 0.526. The van der Waals surface area contributed by atoms with Crippen molar-refractivity contribution in [1.82, 2.24) is 25.1 Å². The fourth-order valence-electron chi connectivity index (χ4n) is 3.52. The van der Waals surface area contributed by atoms with Gasteiger partial charge in [0.25, 0.3) is 0 Å². The van der Waals surface area contributed by atoms with Gasteiger partial charge in [0, 0.05) is 13.5 Å². The number of carbonyl (C=O) groups is 1. The van der Waals surface area contributed by atoms with Gasteiger partial charge in [0.1, 0.15) is 12.1 Å². The van der Waals surface area contributed by atoms with E-state index in [-0.39, 0.29) is 12.5 Å². The Morgan fingerprint density at radius 1 is 1.31 bits per heavy atom. The van der Waals surface area contributed by atoms with E-state index in [4.69, 9.17) is 0 Å². The quantitative estimate of drug-likeness (QED) is 0.823. The number of rotatable bonds is 5. The van der Waals surface area contributed by atoms with Crippen LogP contribution in [0.5, 0.6) is 0 Å². The molecule has 0 unspecified atom stereocenters. The lowest BCUT2D eigenvalue weighted by Gasteiger charge is -2.38. The van der Waals surface area contributed by atoms with Crippen LogP contribution in [0.25, 0.3) is 0 Å². The van der Waals surface area contributed by atoms with Crippen LogP contribution in [0, 0.1) is 18.3 Å². The molecule has 0 aliphatic heterocycles. The average Bonchev–Trinajstić information content (AvgIpc) is 3.10. The highest BCUT2D eigenvalue weighted by molar-refractivity contribution is 5.77. The summed E-state index contributed by atoms with van der Waals surface area (Å²) in [7, 11) is 1.71. The van der Waals surface area contributed by atoms with Crippen LogP contribution in [-0.4, -0.2) is 43.6 Å². The van der Waals surface area contributed by atoms with Gasteiger partial charge in [-0.05, 0) is 36.1 Å². The second kappa shape index (κ2) is 7.65. The van der Waals surface area contributed by atoms with E-state index >= 15 is 0 Å². The number of hydrogen-bond donors (Lipinski definition) is 0. The molecule has 136 valence electrons. The Labute approximate surface area is 153 Å². The minimum absolute atomic E-state index is 0.000696. The predicted molar refractivity (Wildman–Crippen MR) is 96.0 cm³/mol. The fourth-order valence-corrected chi connectivity index (χ4v) is 3.52. The van der Waals surface area contributed by atoms with E-state index in [0.717, 1.165) is 37.7 Å². The summed E-state index contributed by atoms with van der Waals surface area (Å²) in [5.41, 5.74) is 1.62. The Balaban J connectivity index is 1.66. The molecule has 1 aliphatic rings. The molecule has 0 spiro atoms. The number of aryl methyl sites for hydroxylation is 1. The van der Waals surface area contributed by atoms with Gasteiger partial charge >= 0.3 is 0 Å². The number of likely N-dealkylation sites (N-methyl/N-ethyl adjacent to an activating group) is 1. The van der Waals surface area contributed by atoms with Gasteiger partial charge in [0.15, 0.2) is 5.82 Å². The van der Waals surface area contributed by atoms with Crippen LogP contribution in [0.1, 0.15) is 49.1 Å². The average molecular weight is 352 g/mol. The third-order valence-corrected chi connectivity index (χ3v) is 5.29. The van der Waals surface area contributed by atoms with Crippen molar-refractivity contribution in [3.8, 4) is 6.07 Å². The summed E-state index contributed by atoms with van der Waals surface area (Å²) in [6, 6.07) is 10.4. The van der Waals surface area contributed by atoms with Crippen molar-refractivity contribution in [3.05, 3.63) is 41.2 Å². The summed E-state index contributed by atoms with van der Waals surface area (Å²) in [5.74, 6) is 0.427. The van der Waals surface area contributed by atoms with Gasteiger partial charge in [-0.25, -0.2) is 0 Å². The van der Waals surface area contributed by atoms with E-state index in [1.807, 2.05) is 31.2 Å². The van der Waals surface area contributed by atoms with E-state index in [9.17, 15) is 10.1 Å². The monoisotopic (exact) mass is 352 g/mol. The Hall–Kier alpha value is -2.75. The van der Waals surface area contributed by atoms with Crippen molar-refractivity contribution >= 4 is 5.91 Å². The van der Waals surface area contributed by atoms with Crippen LogP contribution in [0.15, 0.2) is 24.3 Å². The highest BCUT2D eigenvalue weighted by Gasteiger charge is 2.38. The lowest BCUT2D eigenvalue weighted by Crippen LogP contribution is -2.50. The molecule has 7 heteroatoms. The maximum atomic E-state index is 12.6. The molecule has 0 saturated heterocycles. The zero-order chi connectivity index (χ0) is 18.6. The molecule has 1 saturated carbocycles. The van der Waals surface area contributed by atoms with Crippen LogP contribution < -0.4 is 0 Å². The molecule has 1 aromatic heterocycles. The molecule has 2 aromatic rings. The van der Waals surface area contributed by atoms with Crippen molar-refractivity contribution < 1.29 is 4.79 Å². The van der Waals surface area contributed by atoms with Crippen molar-refractivity contribution in [3.63, 3.8) is 0 Å². The Morgan fingerprint density at radius 3 is 2.73 bits per heavy atom. The van der Waals surface area contributed by atoms with Gasteiger partial charge in [0.2, 0.25) is 5.91 Å². The van der Waals surface area contributed by atoms with Gasteiger partial charge in [-0.3, -0.25) is 4.79 Å². The normalized spacial score (nSPS) is 16.0.